The van der Waals surface area contributed by atoms with Crippen molar-refractivity contribution in [3.63, 3.8) is 0 Å². The van der Waals surface area contributed by atoms with Crippen LogP contribution in [-0.2, 0) is 17.8 Å². The molecule has 1 aliphatic rings. The Morgan fingerprint density at radius 1 is 1.23 bits per heavy atom. The number of carbonyl (C=O) groups excluding carboxylic acids is 1. The van der Waals surface area contributed by atoms with Gasteiger partial charge in [-0.2, -0.15) is 0 Å². The molecule has 0 fully saturated rings. The minimum absolute atomic E-state index is 0.0482. The zero-order valence-electron chi connectivity index (χ0n) is 15.7. The fraction of sp³-hybridized carbons (Fsp3) is 0.556. The molecule has 26 heavy (non-hydrogen) atoms. The second-order valence-corrected chi connectivity index (χ2v) is 6.61. The number of aromatic nitrogens is 4. The third kappa shape index (κ3) is 3.36. The maximum Gasteiger partial charge on any atom is 0.248 e. The number of methoxy groups -OCH3 is 2. The maximum absolute atomic E-state index is 13.2. The van der Waals surface area contributed by atoms with E-state index in [4.69, 9.17) is 9.47 Å². The highest BCUT2D eigenvalue weighted by Crippen LogP contribution is 2.34. The molecule has 0 bridgehead atoms. The van der Waals surface area contributed by atoms with Gasteiger partial charge in [-0.25, -0.2) is 4.68 Å². The van der Waals surface area contributed by atoms with Crippen LogP contribution in [0.3, 0.4) is 0 Å². The largest absolute Gasteiger partial charge is 0.493 e. The van der Waals surface area contributed by atoms with Crippen molar-refractivity contribution in [2.24, 2.45) is 5.92 Å². The number of rotatable bonds is 6. The summed E-state index contributed by atoms with van der Waals surface area (Å²) in [6.45, 7) is 5.33. The predicted molar refractivity (Wildman–Crippen MR) is 95.0 cm³/mol. The molecule has 0 radical (unpaired) electrons. The number of hydrogen-bond acceptors (Lipinski definition) is 6. The first-order valence-corrected chi connectivity index (χ1v) is 8.84. The zero-order valence-corrected chi connectivity index (χ0v) is 15.7. The summed E-state index contributed by atoms with van der Waals surface area (Å²) in [5.74, 6) is 1.58. The van der Waals surface area contributed by atoms with Gasteiger partial charge in [0, 0.05) is 13.1 Å². The van der Waals surface area contributed by atoms with Gasteiger partial charge in [0.15, 0.2) is 11.5 Å². The maximum atomic E-state index is 13.2. The zero-order chi connectivity index (χ0) is 18.7. The topological polar surface area (TPSA) is 82.4 Å². The minimum Gasteiger partial charge on any atom is -0.493 e. The number of fused-ring (bicyclic) bond motifs is 1. The quantitative estimate of drug-likeness (QED) is 0.783. The Labute approximate surface area is 153 Å². The van der Waals surface area contributed by atoms with E-state index < -0.39 is 6.04 Å². The molecular formula is C18H25N5O3. The van der Waals surface area contributed by atoms with Crippen LogP contribution in [0.15, 0.2) is 18.5 Å². The van der Waals surface area contributed by atoms with Crippen LogP contribution in [0.5, 0.6) is 11.5 Å². The first-order chi connectivity index (χ1) is 12.6. The van der Waals surface area contributed by atoms with Crippen LogP contribution in [0.25, 0.3) is 0 Å². The van der Waals surface area contributed by atoms with Crippen LogP contribution in [0.2, 0.25) is 0 Å². The minimum atomic E-state index is -0.392. The van der Waals surface area contributed by atoms with Crippen molar-refractivity contribution in [3.8, 4) is 11.5 Å². The Kier molecular flexibility index (Phi) is 5.39. The molecule has 1 amide bonds. The van der Waals surface area contributed by atoms with Crippen molar-refractivity contribution in [2.75, 3.05) is 20.8 Å². The molecule has 0 saturated carbocycles. The summed E-state index contributed by atoms with van der Waals surface area (Å²) in [6.07, 6.45) is 3.16. The molecule has 2 atom stereocenters. The van der Waals surface area contributed by atoms with Crippen molar-refractivity contribution < 1.29 is 14.3 Å². The molecule has 1 aromatic carbocycles. The standard InChI is InChI=1S/C18H25N5O3/c1-5-12(2)17(23-11-19-20-21-23)18(24)22-7-6-13-8-15(25-3)16(26-4)9-14(13)10-22/h8-9,11-12,17H,5-7,10H2,1-4H3/t12-,17-/m0/s1. The summed E-state index contributed by atoms with van der Waals surface area (Å²) in [5, 5.41) is 11.4. The lowest BCUT2D eigenvalue weighted by molar-refractivity contribution is -0.137. The number of carbonyl (C=O) groups is 1. The van der Waals surface area contributed by atoms with E-state index in [1.807, 2.05) is 17.0 Å². The van der Waals surface area contributed by atoms with Crippen LogP contribution in [0, 0.1) is 5.92 Å². The Morgan fingerprint density at radius 2 is 1.92 bits per heavy atom. The molecule has 3 rings (SSSR count). The van der Waals surface area contributed by atoms with Gasteiger partial charge in [0.05, 0.1) is 14.2 Å². The first-order valence-electron chi connectivity index (χ1n) is 8.84. The van der Waals surface area contributed by atoms with Gasteiger partial charge in [0.25, 0.3) is 0 Å². The fourth-order valence-corrected chi connectivity index (χ4v) is 3.39. The molecule has 8 nitrogen and oxygen atoms in total. The van der Waals surface area contributed by atoms with E-state index in [0.29, 0.717) is 18.8 Å². The van der Waals surface area contributed by atoms with Crippen LogP contribution in [-0.4, -0.2) is 51.8 Å². The average Bonchev–Trinajstić information content (AvgIpc) is 3.20. The third-order valence-corrected chi connectivity index (χ3v) is 5.12. The van der Waals surface area contributed by atoms with Gasteiger partial charge in [-0.15, -0.1) is 5.10 Å². The molecule has 2 heterocycles. The normalized spacial score (nSPS) is 15.9. The Morgan fingerprint density at radius 3 is 2.50 bits per heavy atom. The highest BCUT2D eigenvalue weighted by Gasteiger charge is 2.33. The van der Waals surface area contributed by atoms with Gasteiger partial charge >= 0.3 is 0 Å². The molecule has 0 saturated heterocycles. The molecule has 2 aromatic rings. The third-order valence-electron chi connectivity index (χ3n) is 5.12. The van der Waals surface area contributed by atoms with Crippen molar-refractivity contribution >= 4 is 5.91 Å². The van der Waals surface area contributed by atoms with Crippen LogP contribution in [0.4, 0.5) is 0 Å². The summed E-state index contributed by atoms with van der Waals surface area (Å²) in [7, 11) is 3.25. The SMILES string of the molecule is CC[C@H](C)[C@@H](C(=O)N1CCc2cc(OC)c(OC)cc2C1)n1cnnn1. The van der Waals surface area contributed by atoms with Crippen LogP contribution >= 0.6 is 0 Å². The lowest BCUT2D eigenvalue weighted by atomic mass is 9.95. The molecule has 1 aliphatic heterocycles. The van der Waals surface area contributed by atoms with Gasteiger partial charge in [-0.05, 0) is 46.0 Å². The lowest BCUT2D eigenvalue weighted by Gasteiger charge is -2.33. The van der Waals surface area contributed by atoms with Crippen LogP contribution in [0.1, 0.15) is 37.4 Å². The number of benzene rings is 1. The summed E-state index contributed by atoms with van der Waals surface area (Å²) < 4.78 is 12.3. The number of amides is 1. The molecule has 1 aromatic heterocycles. The number of ether oxygens (including phenoxy) is 2. The van der Waals surface area contributed by atoms with E-state index in [0.717, 1.165) is 24.2 Å². The first kappa shape index (κ1) is 18.2. The van der Waals surface area contributed by atoms with E-state index in [-0.39, 0.29) is 11.8 Å². The summed E-state index contributed by atoms with van der Waals surface area (Å²) in [6, 6.07) is 3.57. The Bertz CT molecular complexity index is 762. The number of hydrogen-bond donors (Lipinski definition) is 0. The number of nitrogens with zero attached hydrogens (tertiary/aromatic N) is 5. The van der Waals surface area contributed by atoms with Crippen molar-refractivity contribution in [1.29, 1.82) is 0 Å². The molecule has 140 valence electrons. The van der Waals surface area contributed by atoms with Crippen molar-refractivity contribution in [2.45, 2.75) is 39.3 Å². The summed E-state index contributed by atoms with van der Waals surface area (Å²) >= 11 is 0. The van der Waals surface area contributed by atoms with E-state index in [9.17, 15) is 4.79 Å². The Hall–Kier alpha value is -2.64. The predicted octanol–water partition coefficient (Wildman–Crippen LogP) is 1.86. The van der Waals surface area contributed by atoms with Crippen molar-refractivity contribution in [1.82, 2.24) is 25.1 Å². The Balaban J connectivity index is 1.86. The fourth-order valence-electron chi connectivity index (χ4n) is 3.39. The van der Waals surface area contributed by atoms with Gasteiger partial charge in [-0.3, -0.25) is 4.79 Å². The average molecular weight is 359 g/mol. The second-order valence-electron chi connectivity index (χ2n) is 6.61. The highest BCUT2D eigenvalue weighted by molar-refractivity contribution is 5.81. The summed E-state index contributed by atoms with van der Waals surface area (Å²) in [4.78, 5) is 15.1. The van der Waals surface area contributed by atoms with E-state index in [2.05, 4.69) is 29.4 Å². The van der Waals surface area contributed by atoms with Crippen molar-refractivity contribution in [3.05, 3.63) is 29.6 Å². The van der Waals surface area contributed by atoms with Gasteiger partial charge in [0.1, 0.15) is 12.4 Å². The molecule has 8 heteroatoms. The summed E-state index contributed by atoms with van der Waals surface area (Å²) in [5.41, 5.74) is 2.27. The molecule has 0 unspecified atom stereocenters. The molecular weight excluding hydrogens is 334 g/mol. The van der Waals surface area contributed by atoms with Gasteiger partial charge in [-0.1, -0.05) is 20.3 Å². The molecule has 0 N–H and O–H groups in total. The smallest absolute Gasteiger partial charge is 0.248 e. The molecule has 0 spiro atoms. The van der Waals surface area contributed by atoms with E-state index in [1.54, 1.807) is 18.9 Å². The molecule has 0 aliphatic carbocycles. The van der Waals surface area contributed by atoms with Gasteiger partial charge in [0.2, 0.25) is 5.91 Å². The van der Waals surface area contributed by atoms with Crippen LogP contribution < -0.4 is 9.47 Å². The monoisotopic (exact) mass is 359 g/mol. The highest BCUT2D eigenvalue weighted by atomic mass is 16.5. The van der Waals surface area contributed by atoms with E-state index >= 15 is 0 Å². The van der Waals surface area contributed by atoms with E-state index in [1.165, 1.54) is 11.9 Å². The van der Waals surface area contributed by atoms with Gasteiger partial charge < -0.3 is 14.4 Å². The number of tetrazole rings is 1. The second kappa shape index (κ2) is 7.72. The lowest BCUT2D eigenvalue weighted by Crippen LogP contribution is -2.42.